The lowest BCUT2D eigenvalue weighted by Crippen LogP contribution is -1.95. The predicted molar refractivity (Wildman–Crippen MR) is 82.2 cm³/mol. The van der Waals surface area contributed by atoms with Crippen LogP contribution in [-0.2, 0) is 5.75 Å². The Balaban J connectivity index is 2.21. The molecule has 2 N–H and O–H groups in total. The Morgan fingerprint density at radius 1 is 1.05 bits per heavy atom. The molecule has 6 heteroatoms. The fourth-order valence-electron chi connectivity index (χ4n) is 1.49. The van der Waals surface area contributed by atoms with Gasteiger partial charge in [0.15, 0.2) is 0 Å². The predicted octanol–water partition coefficient (Wildman–Crippen LogP) is 5.36. The molecule has 19 heavy (non-hydrogen) atoms. The van der Waals surface area contributed by atoms with Gasteiger partial charge in [0.25, 0.3) is 0 Å². The zero-order chi connectivity index (χ0) is 14.0. The minimum atomic E-state index is -0.556. The van der Waals surface area contributed by atoms with Crippen molar-refractivity contribution < 1.29 is 8.78 Å². The van der Waals surface area contributed by atoms with Crippen LogP contribution in [0.15, 0.2) is 44.2 Å². The number of rotatable bonds is 3. The summed E-state index contributed by atoms with van der Waals surface area (Å²) in [6, 6.07) is 7.94. The van der Waals surface area contributed by atoms with Gasteiger partial charge in [-0.15, -0.1) is 11.8 Å². The molecule has 0 aromatic heterocycles. The van der Waals surface area contributed by atoms with Crippen LogP contribution in [0.1, 0.15) is 5.56 Å². The van der Waals surface area contributed by atoms with E-state index >= 15 is 0 Å². The van der Waals surface area contributed by atoms with Crippen molar-refractivity contribution in [3.8, 4) is 0 Å². The molecular formula is C13H9Br2F2NS. The van der Waals surface area contributed by atoms with Gasteiger partial charge in [-0.05, 0) is 62.2 Å². The smallest absolute Gasteiger partial charge is 0.144 e. The Morgan fingerprint density at radius 2 is 1.79 bits per heavy atom. The van der Waals surface area contributed by atoms with E-state index in [1.165, 1.54) is 23.9 Å². The number of halogens is 4. The van der Waals surface area contributed by atoms with Crippen LogP contribution in [0.4, 0.5) is 14.5 Å². The second-order valence-corrected chi connectivity index (χ2v) is 6.53. The normalized spacial score (nSPS) is 10.7. The summed E-state index contributed by atoms with van der Waals surface area (Å²) in [6.45, 7) is 0. The minimum Gasteiger partial charge on any atom is -0.399 e. The highest BCUT2D eigenvalue weighted by Crippen LogP contribution is 2.33. The summed E-state index contributed by atoms with van der Waals surface area (Å²) in [5.74, 6) is -0.890. The van der Waals surface area contributed by atoms with Crippen molar-refractivity contribution in [3.63, 3.8) is 0 Å². The Hall–Kier alpha value is -0.590. The average molecular weight is 409 g/mol. The second-order valence-electron chi connectivity index (χ2n) is 3.80. The van der Waals surface area contributed by atoms with Gasteiger partial charge in [-0.3, -0.25) is 0 Å². The monoisotopic (exact) mass is 407 g/mol. The lowest BCUT2D eigenvalue weighted by molar-refractivity contribution is 0.562. The lowest BCUT2D eigenvalue weighted by atomic mass is 10.2. The molecule has 0 amide bonds. The van der Waals surface area contributed by atoms with Gasteiger partial charge in [-0.2, -0.15) is 0 Å². The summed E-state index contributed by atoms with van der Waals surface area (Å²) in [4.78, 5) is 0.882. The number of benzene rings is 2. The van der Waals surface area contributed by atoms with Gasteiger partial charge in [0.05, 0.1) is 4.47 Å². The molecule has 0 fully saturated rings. The Morgan fingerprint density at radius 3 is 2.47 bits per heavy atom. The van der Waals surface area contributed by atoms with E-state index in [4.69, 9.17) is 5.73 Å². The second kappa shape index (κ2) is 6.24. The quantitative estimate of drug-likeness (QED) is 0.420. The van der Waals surface area contributed by atoms with Crippen LogP contribution in [-0.4, -0.2) is 0 Å². The van der Waals surface area contributed by atoms with Crippen molar-refractivity contribution >= 4 is 49.3 Å². The third kappa shape index (κ3) is 3.49. The Kier molecular flexibility index (Phi) is 4.86. The maximum atomic E-state index is 13.8. The molecule has 2 aromatic carbocycles. The SMILES string of the molecule is Nc1ccc(SCc2c(F)ccc(Br)c2F)c(Br)c1. The van der Waals surface area contributed by atoms with Crippen LogP contribution in [0, 0.1) is 11.6 Å². The van der Waals surface area contributed by atoms with E-state index in [9.17, 15) is 8.78 Å². The summed E-state index contributed by atoms with van der Waals surface area (Å²) < 4.78 is 28.5. The van der Waals surface area contributed by atoms with Gasteiger partial charge >= 0.3 is 0 Å². The fraction of sp³-hybridized carbons (Fsp3) is 0.0769. The number of nitrogens with two attached hydrogens (primary N) is 1. The third-order valence-corrected chi connectivity index (χ3v) is 5.10. The van der Waals surface area contributed by atoms with Crippen LogP contribution >= 0.6 is 43.6 Å². The molecular weight excluding hydrogens is 400 g/mol. The molecule has 0 saturated carbocycles. The maximum absolute atomic E-state index is 13.8. The van der Waals surface area contributed by atoms with Crippen LogP contribution < -0.4 is 5.73 Å². The number of hydrogen-bond acceptors (Lipinski definition) is 2. The minimum absolute atomic E-state index is 0.0584. The van der Waals surface area contributed by atoms with E-state index in [0.29, 0.717) is 5.69 Å². The van der Waals surface area contributed by atoms with Gasteiger partial charge in [0.1, 0.15) is 11.6 Å². The first kappa shape index (κ1) is 14.8. The molecule has 0 radical (unpaired) electrons. The Bertz CT molecular complexity index is 620. The van der Waals surface area contributed by atoms with Gasteiger partial charge in [0.2, 0.25) is 0 Å². The van der Waals surface area contributed by atoms with E-state index in [1.54, 1.807) is 12.1 Å². The van der Waals surface area contributed by atoms with E-state index in [-0.39, 0.29) is 15.8 Å². The first-order valence-corrected chi connectivity index (χ1v) is 7.86. The molecule has 0 aliphatic rings. The largest absolute Gasteiger partial charge is 0.399 e. The summed E-state index contributed by atoms with van der Waals surface area (Å²) in [5, 5.41) is 0. The molecule has 0 atom stereocenters. The Labute approximate surface area is 130 Å². The fourth-order valence-corrected chi connectivity index (χ4v) is 3.52. The van der Waals surface area contributed by atoms with Gasteiger partial charge in [-0.25, -0.2) is 8.78 Å². The molecule has 0 bridgehead atoms. The van der Waals surface area contributed by atoms with E-state index in [0.717, 1.165) is 9.37 Å². The molecule has 2 aromatic rings. The van der Waals surface area contributed by atoms with Crippen LogP contribution in [0.25, 0.3) is 0 Å². The standard InChI is InChI=1S/C13H9Br2F2NS/c14-9-2-3-11(16)8(13(9)17)6-19-12-4-1-7(18)5-10(12)15/h1-5H,6,18H2. The molecule has 0 heterocycles. The van der Waals surface area contributed by atoms with Gasteiger partial charge in [-0.1, -0.05) is 0 Å². The maximum Gasteiger partial charge on any atom is 0.144 e. The third-order valence-electron chi connectivity index (χ3n) is 2.47. The van der Waals surface area contributed by atoms with Gasteiger partial charge < -0.3 is 5.73 Å². The molecule has 0 spiro atoms. The topological polar surface area (TPSA) is 26.0 Å². The number of anilines is 1. The van der Waals surface area contributed by atoms with Crippen molar-refractivity contribution in [2.45, 2.75) is 10.6 Å². The van der Waals surface area contributed by atoms with Gasteiger partial charge in [0, 0.05) is 26.4 Å². The zero-order valence-electron chi connectivity index (χ0n) is 9.59. The molecule has 0 saturated heterocycles. The molecule has 100 valence electrons. The van der Waals surface area contributed by atoms with Crippen LogP contribution in [0.5, 0.6) is 0 Å². The van der Waals surface area contributed by atoms with Crippen molar-refractivity contribution in [2.24, 2.45) is 0 Å². The van der Waals surface area contributed by atoms with E-state index < -0.39 is 11.6 Å². The lowest BCUT2D eigenvalue weighted by Gasteiger charge is -2.08. The van der Waals surface area contributed by atoms with E-state index in [1.807, 2.05) is 6.07 Å². The van der Waals surface area contributed by atoms with Crippen molar-refractivity contribution in [1.29, 1.82) is 0 Å². The average Bonchev–Trinajstić information content (AvgIpc) is 2.36. The zero-order valence-corrected chi connectivity index (χ0v) is 13.6. The molecule has 0 aliphatic carbocycles. The molecule has 1 nitrogen and oxygen atoms in total. The summed E-state index contributed by atoms with van der Waals surface area (Å²) >= 11 is 7.77. The molecule has 0 unspecified atom stereocenters. The summed E-state index contributed by atoms with van der Waals surface area (Å²) in [6.07, 6.45) is 0. The summed E-state index contributed by atoms with van der Waals surface area (Å²) in [5.41, 5.74) is 6.33. The summed E-state index contributed by atoms with van der Waals surface area (Å²) in [7, 11) is 0. The first-order valence-electron chi connectivity index (χ1n) is 5.29. The van der Waals surface area contributed by atoms with E-state index in [2.05, 4.69) is 31.9 Å². The number of thioether (sulfide) groups is 1. The number of nitrogen functional groups attached to an aromatic ring is 1. The van der Waals surface area contributed by atoms with Crippen molar-refractivity contribution in [1.82, 2.24) is 0 Å². The first-order chi connectivity index (χ1) is 8.99. The highest BCUT2D eigenvalue weighted by Gasteiger charge is 2.13. The molecule has 0 aliphatic heterocycles. The molecule has 2 rings (SSSR count). The van der Waals surface area contributed by atoms with Crippen molar-refractivity contribution in [2.75, 3.05) is 5.73 Å². The highest BCUT2D eigenvalue weighted by atomic mass is 79.9. The van der Waals surface area contributed by atoms with Crippen molar-refractivity contribution in [3.05, 3.63) is 56.5 Å². The number of hydrogen-bond donors (Lipinski definition) is 1. The van der Waals surface area contributed by atoms with Crippen LogP contribution in [0.3, 0.4) is 0 Å². The van der Waals surface area contributed by atoms with Crippen LogP contribution in [0.2, 0.25) is 0 Å². The highest BCUT2D eigenvalue weighted by molar-refractivity contribution is 9.10.